The molecule has 0 aliphatic heterocycles. The molecule has 1 aromatic carbocycles. The molecule has 0 radical (unpaired) electrons. The van der Waals surface area contributed by atoms with Crippen LogP contribution in [0, 0.1) is 0 Å². The molecule has 4 heteroatoms. The van der Waals surface area contributed by atoms with Crippen molar-refractivity contribution in [1.29, 1.82) is 0 Å². The fourth-order valence-electron chi connectivity index (χ4n) is 1.82. The summed E-state index contributed by atoms with van der Waals surface area (Å²) in [4.78, 5) is 11.4. The molecule has 0 bridgehead atoms. The Bertz CT molecular complexity index is 675. The first-order valence-corrected chi connectivity index (χ1v) is 8.12. The molecule has 0 spiro atoms. The quantitative estimate of drug-likeness (QED) is 0.684. The van der Waals surface area contributed by atoms with Crippen LogP contribution in [0.1, 0.15) is 11.8 Å². The molecule has 0 N–H and O–H groups in total. The van der Waals surface area contributed by atoms with E-state index in [2.05, 4.69) is 29.0 Å². The van der Waals surface area contributed by atoms with Gasteiger partial charge in [0.1, 0.15) is 0 Å². The second-order valence-corrected chi connectivity index (χ2v) is 6.83. The predicted molar refractivity (Wildman–Crippen MR) is 85.3 cm³/mol. The van der Waals surface area contributed by atoms with E-state index in [0.29, 0.717) is 0 Å². The highest BCUT2D eigenvalue weighted by atomic mass is 32.2. The summed E-state index contributed by atoms with van der Waals surface area (Å²) in [5.41, 5.74) is 1.05. The number of aryl methyl sites for hydroxylation is 1. The highest BCUT2D eigenvalue weighted by molar-refractivity contribution is 8.01. The molecule has 3 rings (SSSR count). The van der Waals surface area contributed by atoms with Crippen molar-refractivity contribution in [2.75, 3.05) is 0 Å². The minimum Gasteiger partial charge on any atom is -0.235 e. The largest absolute Gasteiger partial charge is 0.235 e. The van der Waals surface area contributed by atoms with Gasteiger partial charge in [0.15, 0.2) is 5.82 Å². The summed E-state index contributed by atoms with van der Waals surface area (Å²) in [5.74, 6) is 0.773. The Hall–Kier alpha value is -1.65. The van der Waals surface area contributed by atoms with Gasteiger partial charge in [-0.05, 0) is 18.6 Å². The van der Waals surface area contributed by atoms with E-state index < -0.39 is 0 Å². The summed E-state index contributed by atoms with van der Waals surface area (Å²) in [6.45, 7) is 2.18. The molecule has 100 valence electrons. The van der Waals surface area contributed by atoms with Crippen LogP contribution < -0.4 is 0 Å². The zero-order chi connectivity index (χ0) is 13.8. The van der Waals surface area contributed by atoms with Gasteiger partial charge in [0.05, 0.1) is 4.21 Å². The molecule has 0 aliphatic carbocycles. The van der Waals surface area contributed by atoms with Crippen LogP contribution in [0.5, 0.6) is 0 Å². The SMILES string of the molecule is CCc1ccc(Sc2cnc(-c3ccccc3)nc2)s1. The Morgan fingerprint density at radius 3 is 2.40 bits per heavy atom. The third-order valence-corrected chi connectivity index (χ3v) is 5.17. The molecule has 0 unspecified atom stereocenters. The summed E-state index contributed by atoms with van der Waals surface area (Å²) in [6.07, 6.45) is 4.88. The van der Waals surface area contributed by atoms with E-state index in [-0.39, 0.29) is 0 Å². The van der Waals surface area contributed by atoms with E-state index >= 15 is 0 Å². The number of benzene rings is 1. The van der Waals surface area contributed by atoms with Crippen LogP contribution in [0.2, 0.25) is 0 Å². The number of nitrogens with zero attached hydrogens (tertiary/aromatic N) is 2. The fourth-order valence-corrected chi connectivity index (χ4v) is 3.86. The van der Waals surface area contributed by atoms with Crippen LogP contribution in [0.25, 0.3) is 11.4 Å². The van der Waals surface area contributed by atoms with E-state index in [0.717, 1.165) is 22.7 Å². The zero-order valence-electron chi connectivity index (χ0n) is 11.1. The molecule has 3 aromatic rings. The molecular weight excluding hydrogens is 284 g/mol. The molecule has 0 saturated heterocycles. The number of aromatic nitrogens is 2. The zero-order valence-corrected chi connectivity index (χ0v) is 12.7. The lowest BCUT2D eigenvalue weighted by atomic mass is 10.2. The van der Waals surface area contributed by atoms with Crippen LogP contribution in [0.15, 0.2) is 64.0 Å². The molecule has 2 nitrogen and oxygen atoms in total. The standard InChI is InChI=1S/C16H14N2S2/c1-2-13-8-9-15(19-13)20-14-10-17-16(18-11-14)12-6-4-3-5-7-12/h3-11H,2H2,1H3. The molecule has 2 aromatic heterocycles. The number of rotatable bonds is 4. The highest BCUT2D eigenvalue weighted by Crippen LogP contribution is 2.33. The number of hydrogen-bond donors (Lipinski definition) is 0. The van der Waals surface area contributed by atoms with Gasteiger partial charge >= 0.3 is 0 Å². The van der Waals surface area contributed by atoms with Gasteiger partial charge in [-0.3, -0.25) is 0 Å². The first kappa shape index (κ1) is 13.3. The molecule has 0 saturated carbocycles. The molecule has 0 amide bonds. The minimum atomic E-state index is 0.773. The average Bonchev–Trinajstić information content (AvgIpc) is 2.97. The maximum atomic E-state index is 4.44. The summed E-state index contributed by atoms with van der Waals surface area (Å²) < 4.78 is 1.29. The first-order valence-electron chi connectivity index (χ1n) is 6.49. The number of hydrogen-bond acceptors (Lipinski definition) is 4. The van der Waals surface area contributed by atoms with Crippen molar-refractivity contribution in [1.82, 2.24) is 9.97 Å². The summed E-state index contributed by atoms with van der Waals surface area (Å²) in [7, 11) is 0. The summed E-state index contributed by atoms with van der Waals surface area (Å²) in [6, 6.07) is 14.4. The lowest BCUT2D eigenvalue weighted by Gasteiger charge is -2.01. The van der Waals surface area contributed by atoms with E-state index in [9.17, 15) is 0 Å². The molecule has 2 heterocycles. The third-order valence-electron chi connectivity index (χ3n) is 2.86. The van der Waals surface area contributed by atoms with E-state index in [1.807, 2.05) is 54.1 Å². The normalized spacial score (nSPS) is 10.7. The van der Waals surface area contributed by atoms with Gasteiger partial charge in [0.2, 0.25) is 0 Å². The maximum Gasteiger partial charge on any atom is 0.159 e. The Balaban J connectivity index is 1.76. The highest BCUT2D eigenvalue weighted by Gasteiger charge is 2.04. The lowest BCUT2D eigenvalue weighted by molar-refractivity contribution is 1.11. The Morgan fingerprint density at radius 1 is 1.00 bits per heavy atom. The van der Waals surface area contributed by atoms with Gasteiger partial charge in [0.25, 0.3) is 0 Å². The third kappa shape index (κ3) is 3.08. The van der Waals surface area contributed by atoms with E-state index in [4.69, 9.17) is 0 Å². The second-order valence-electron chi connectivity index (χ2n) is 4.28. The van der Waals surface area contributed by atoms with Gasteiger partial charge < -0.3 is 0 Å². The van der Waals surface area contributed by atoms with Crippen LogP contribution in [0.4, 0.5) is 0 Å². The van der Waals surface area contributed by atoms with Crippen molar-refractivity contribution in [3.05, 3.63) is 59.7 Å². The first-order chi connectivity index (χ1) is 9.85. The van der Waals surface area contributed by atoms with Crippen molar-refractivity contribution >= 4 is 23.1 Å². The molecular formula is C16H14N2S2. The van der Waals surface area contributed by atoms with Crippen LogP contribution in [0.3, 0.4) is 0 Å². The lowest BCUT2D eigenvalue weighted by Crippen LogP contribution is -1.87. The van der Waals surface area contributed by atoms with Gasteiger partial charge in [-0.2, -0.15) is 0 Å². The smallest absolute Gasteiger partial charge is 0.159 e. The summed E-state index contributed by atoms with van der Waals surface area (Å²) in [5, 5.41) is 0. The van der Waals surface area contributed by atoms with Crippen LogP contribution >= 0.6 is 23.1 Å². The fraction of sp³-hybridized carbons (Fsp3) is 0.125. The van der Waals surface area contributed by atoms with Crippen LogP contribution in [-0.4, -0.2) is 9.97 Å². The van der Waals surface area contributed by atoms with Crippen LogP contribution in [-0.2, 0) is 6.42 Å². The Labute approximate surface area is 126 Å². The van der Waals surface area contributed by atoms with Crippen molar-refractivity contribution in [2.45, 2.75) is 22.4 Å². The monoisotopic (exact) mass is 298 g/mol. The van der Waals surface area contributed by atoms with E-state index in [1.54, 1.807) is 11.8 Å². The number of thiophene rings is 1. The average molecular weight is 298 g/mol. The van der Waals surface area contributed by atoms with Gasteiger partial charge in [-0.1, -0.05) is 49.0 Å². The van der Waals surface area contributed by atoms with Crippen molar-refractivity contribution in [3.63, 3.8) is 0 Å². The topological polar surface area (TPSA) is 25.8 Å². The second kappa shape index (κ2) is 6.20. The maximum absolute atomic E-state index is 4.44. The molecule has 20 heavy (non-hydrogen) atoms. The Kier molecular flexibility index (Phi) is 4.14. The van der Waals surface area contributed by atoms with Gasteiger partial charge in [-0.25, -0.2) is 9.97 Å². The molecule has 0 atom stereocenters. The van der Waals surface area contributed by atoms with Gasteiger partial charge in [0, 0.05) is 27.7 Å². The summed E-state index contributed by atoms with van der Waals surface area (Å²) >= 11 is 3.56. The van der Waals surface area contributed by atoms with E-state index in [1.165, 1.54) is 9.09 Å². The van der Waals surface area contributed by atoms with Gasteiger partial charge in [-0.15, -0.1) is 11.3 Å². The van der Waals surface area contributed by atoms with Crippen molar-refractivity contribution in [3.8, 4) is 11.4 Å². The molecule has 0 aliphatic rings. The van der Waals surface area contributed by atoms with Crippen molar-refractivity contribution in [2.24, 2.45) is 0 Å². The predicted octanol–water partition coefficient (Wildman–Crippen LogP) is 4.92. The van der Waals surface area contributed by atoms with Crippen molar-refractivity contribution < 1.29 is 0 Å². The molecule has 0 fully saturated rings. The minimum absolute atomic E-state index is 0.773. The Morgan fingerprint density at radius 2 is 1.75 bits per heavy atom.